The summed E-state index contributed by atoms with van der Waals surface area (Å²) in [4.78, 5) is 24.0. The first kappa shape index (κ1) is 15.1. The first-order valence-corrected chi connectivity index (χ1v) is 7.40. The van der Waals surface area contributed by atoms with Crippen molar-refractivity contribution in [1.29, 1.82) is 0 Å². The van der Waals surface area contributed by atoms with Gasteiger partial charge in [-0.05, 0) is 29.0 Å². The van der Waals surface area contributed by atoms with Gasteiger partial charge in [0.05, 0.1) is 25.5 Å². The highest BCUT2D eigenvalue weighted by Crippen LogP contribution is 2.49. The lowest BCUT2D eigenvalue weighted by Crippen LogP contribution is -2.11. The first-order valence-electron chi connectivity index (χ1n) is 7.40. The summed E-state index contributed by atoms with van der Waals surface area (Å²) in [5, 5.41) is 25.0. The van der Waals surface area contributed by atoms with Crippen LogP contribution in [0, 0.1) is 0 Å². The molecule has 3 aromatic rings. The molecule has 7 nitrogen and oxygen atoms in total. The standard InChI is InChI=1S/C18H13NO6/c1-24-8-4-3-7-5-10-12-11(9(7)6-8)16(25-2)15(20)14(18(22)23)13(12)17(21)19-10/h3-6,20H,1-2H3,(H,19,21)(H,22,23). The van der Waals surface area contributed by atoms with Gasteiger partial charge < -0.3 is 25.0 Å². The van der Waals surface area contributed by atoms with Gasteiger partial charge >= 0.3 is 5.97 Å². The van der Waals surface area contributed by atoms with Crippen molar-refractivity contribution in [3.05, 3.63) is 35.4 Å². The van der Waals surface area contributed by atoms with Gasteiger partial charge in [0.1, 0.15) is 11.3 Å². The Bertz CT molecular complexity index is 1100. The molecule has 0 saturated carbocycles. The minimum Gasteiger partial charge on any atom is -0.504 e. The fraction of sp³-hybridized carbons (Fsp3) is 0.111. The average Bonchev–Trinajstić information content (AvgIpc) is 2.90. The number of phenols is 1. The zero-order chi connectivity index (χ0) is 17.9. The number of hydrogen-bond acceptors (Lipinski definition) is 5. The van der Waals surface area contributed by atoms with Gasteiger partial charge in [0.2, 0.25) is 0 Å². The van der Waals surface area contributed by atoms with Crippen LogP contribution in [0.3, 0.4) is 0 Å². The van der Waals surface area contributed by atoms with E-state index in [9.17, 15) is 19.8 Å². The number of ether oxygens (including phenoxy) is 2. The predicted molar refractivity (Wildman–Crippen MR) is 91.1 cm³/mol. The van der Waals surface area contributed by atoms with E-state index in [0.29, 0.717) is 27.6 Å². The summed E-state index contributed by atoms with van der Waals surface area (Å²) in [6.45, 7) is 0. The Hall–Kier alpha value is -3.48. The molecule has 0 atom stereocenters. The van der Waals surface area contributed by atoms with Gasteiger partial charge in [0, 0.05) is 10.8 Å². The van der Waals surface area contributed by atoms with Gasteiger partial charge in [-0.25, -0.2) is 4.79 Å². The quantitative estimate of drug-likeness (QED) is 0.634. The Morgan fingerprint density at radius 2 is 1.88 bits per heavy atom. The van der Waals surface area contributed by atoms with Gasteiger partial charge in [0.25, 0.3) is 5.91 Å². The number of rotatable bonds is 3. The van der Waals surface area contributed by atoms with Crippen molar-refractivity contribution < 1.29 is 29.3 Å². The monoisotopic (exact) mass is 339 g/mol. The lowest BCUT2D eigenvalue weighted by atomic mass is 9.93. The normalized spacial score (nSPS) is 12.5. The highest BCUT2D eigenvalue weighted by atomic mass is 16.5. The first-order chi connectivity index (χ1) is 12.0. The van der Waals surface area contributed by atoms with Crippen LogP contribution in [0.15, 0.2) is 24.3 Å². The number of anilines is 1. The number of carbonyl (C=O) groups is 2. The van der Waals surface area contributed by atoms with Crippen LogP contribution in [0.1, 0.15) is 20.7 Å². The summed E-state index contributed by atoms with van der Waals surface area (Å²) in [6.07, 6.45) is 0. The summed E-state index contributed by atoms with van der Waals surface area (Å²) in [5.41, 5.74) is -0.0585. The van der Waals surface area contributed by atoms with Crippen molar-refractivity contribution in [1.82, 2.24) is 0 Å². The van der Waals surface area contributed by atoms with Crippen molar-refractivity contribution in [3.63, 3.8) is 0 Å². The summed E-state index contributed by atoms with van der Waals surface area (Å²) >= 11 is 0. The largest absolute Gasteiger partial charge is 0.504 e. The number of carboxylic acids is 1. The van der Waals surface area contributed by atoms with Gasteiger partial charge in [0.15, 0.2) is 11.5 Å². The van der Waals surface area contributed by atoms with Gasteiger partial charge in [-0.3, -0.25) is 4.79 Å². The molecule has 1 heterocycles. The SMILES string of the molecule is COc1ccc2cc3c4c(c(C(=O)O)c(O)c(OC)c4c2c1)C(=O)N3. The number of methoxy groups -OCH3 is 2. The molecule has 4 rings (SSSR count). The molecule has 0 saturated heterocycles. The fourth-order valence-electron chi connectivity index (χ4n) is 3.39. The Morgan fingerprint density at radius 3 is 2.52 bits per heavy atom. The Morgan fingerprint density at radius 1 is 1.12 bits per heavy atom. The number of aromatic carboxylic acids is 1. The van der Waals surface area contributed by atoms with E-state index in [1.165, 1.54) is 14.2 Å². The maximum absolute atomic E-state index is 12.4. The molecule has 0 aromatic heterocycles. The average molecular weight is 339 g/mol. The van der Waals surface area contributed by atoms with Crippen LogP contribution in [0.2, 0.25) is 0 Å². The number of aromatic hydroxyl groups is 1. The molecular formula is C18H13NO6. The van der Waals surface area contributed by atoms with E-state index in [1.807, 2.05) is 6.07 Å². The van der Waals surface area contributed by atoms with E-state index in [4.69, 9.17) is 9.47 Å². The number of amides is 1. The van der Waals surface area contributed by atoms with Crippen LogP contribution in [0.4, 0.5) is 5.69 Å². The molecular weight excluding hydrogens is 326 g/mol. The molecule has 1 aliphatic heterocycles. The molecule has 0 spiro atoms. The number of carboxylic acid groups (broad SMARTS) is 1. The van der Waals surface area contributed by atoms with Gasteiger partial charge in [-0.15, -0.1) is 0 Å². The number of benzene rings is 3. The molecule has 1 amide bonds. The second-order valence-electron chi connectivity index (χ2n) is 5.65. The van der Waals surface area contributed by atoms with Crippen LogP contribution in [0.25, 0.3) is 21.5 Å². The van der Waals surface area contributed by atoms with Crippen LogP contribution >= 0.6 is 0 Å². The van der Waals surface area contributed by atoms with Crippen molar-refractivity contribution in [2.45, 2.75) is 0 Å². The molecule has 0 bridgehead atoms. The highest BCUT2D eigenvalue weighted by Gasteiger charge is 2.34. The van der Waals surface area contributed by atoms with Gasteiger partial charge in [-0.2, -0.15) is 0 Å². The molecule has 3 aromatic carbocycles. The summed E-state index contributed by atoms with van der Waals surface area (Å²) in [6, 6.07) is 7.10. The van der Waals surface area contributed by atoms with E-state index in [0.717, 1.165) is 5.39 Å². The number of hydrogen-bond donors (Lipinski definition) is 3. The third-order valence-electron chi connectivity index (χ3n) is 4.42. The van der Waals surface area contributed by atoms with E-state index in [2.05, 4.69) is 5.32 Å². The minimum absolute atomic E-state index is 0.00718. The Labute approximate surface area is 141 Å². The molecule has 0 aliphatic carbocycles. The number of carbonyl (C=O) groups excluding carboxylic acids is 1. The Balaban J connectivity index is 2.33. The lowest BCUT2D eigenvalue weighted by Gasteiger charge is -2.15. The molecule has 1 aliphatic rings. The van der Waals surface area contributed by atoms with E-state index < -0.39 is 23.2 Å². The molecule has 7 heteroatoms. The van der Waals surface area contributed by atoms with Gasteiger partial charge in [-0.1, -0.05) is 6.07 Å². The predicted octanol–water partition coefficient (Wildman–Crippen LogP) is 2.98. The van der Waals surface area contributed by atoms with E-state index in [-0.39, 0.29) is 11.3 Å². The summed E-state index contributed by atoms with van der Waals surface area (Å²) in [7, 11) is 2.87. The zero-order valence-corrected chi connectivity index (χ0v) is 13.3. The maximum Gasteiger partial charge on any atom is 0.340 e. The number of fused-ring (bicyclic) bond motifs is 2. The lowest BCUT2D eigenvalue weighted by molar-refractivity contribution is 0.0689. The molecule has 25 heavy (non-hydrogen) atoms. The second-order valence-corrected chi connectivity index (χ2v) is 5.65. The van der Waals surface area contributed by atoms with E-state index >= 15 is 0 Å². The molecule has 0 radical (unpaired) electrons. The fourth-order valence-corrected chi connectivity index (χ4v) is 3.39. The molecule has 126 valence electrons. The van der Waals surface area contributed by atoms with Crippen LogP contribution in [-0.4, -0.2) is 36.3 Å². The second kappa shape index (κ2) is 5.01. The molecule has 0 fully saturated rings. The molecule has 0 unspecified atom stereocenters. The maximum atomic E-state index is 12.4. The van der Waals surface area contributed by atoms with Crippen molar-refractivity contribution in [2.24, 2.45) is 0 Å². The topological polar surface area (TPSA) is 105 Å². The van der Waals surface area contributed by atoms with Crippen molar-refractivity contribution >= 4 is 39.1 Å². The van der Waals surface area contributed by atoms with Crippen LogP contribution in [0.5, 0.6) is 17.2 Å². The third kappa shape index (κ3) is 1.86. The van der Waals surface area contributed by atoms with Crippen molar-refractivity contribution in [3.8, 4) is 17.2 Å². The van der Waals surface area contributed by atoms with E-state index in [1.54, 1.807) is 18.2 Å². The Kier molecular flexibility index (Phi) is 3.02. The number of nitrogens with one attached hydrogen (secondary N) is 1. The zero-order valence-electron chi connectivity index (χ0n) is 13.3. The van der Waals surface area contributed by atoms with Crippen molar-refractivity contribution in [2.75, 3.05) is 19.5 Å². The van der Waals surface area contributed by atoms with Crippen LogP contribution < -0.4 is 14.8 Å². The summed E-state index contributed by atoms with van der Waals surface area (Å²) < 4.78 is 10.6. The van der Waals surface area contributed by atoms with Crippen LogP contribution in [-0.2, 0) is 0 Å². The summed E-state index contributed by atoms with van der Waals surface area (Å²) in [5.74, 6) is -1.95. The molecule has 3 N–H and O–H groups in total. The third-order valence-corrected chi connectivity index (χ3v) is 4.42. The smallest absolute Gasteiger partial charge is 0.340 e. The minimum atomic E-state index is -1.40. The highest BCUT2D eigenvalue weighted by molar-refractivity contribution is 6.33.